The normalized spacial score (nSPS) is 12.7. The summed E-state index contributed by atoms with van der Waals surface area (Å²) in [6.07, 6.45) is -0.431. The lowest BCUT2D eigenvalue weighted by atomic mass is 10.1. The molecule has 1 rings (SSSR count). The van der Waals surface area contributed by atoms with E-state index in [1.54, 1.807) is 7.11 Å². The van der Waals surface area contributed by atoms with E-state index in [4.69, 9.17) is 4.74 Å². The van der Waals surface area contributed by atoms with Gasteiger partial charge >= 0.3 is 0 Å². The van der Waals surface area contributed by atoms with Crippen LogP contribution in [0.25, 0.3) is 0 Å². The Morgan fingerprint density at radius 1 is 1.40 bits per heavy atom. The van der Waals surface area contributed by atoms with Crippen LogP contribution in [0.4, 0.5) is 0 Å². The monoisotopic (exact) mass is 209 g/mol. The van der Waals surface area contributed by atoms with Gasteiger partial charge in [0.05, 0.1) is 12.7 Å². The summed E-state index contributed by atoms with van der Waals surface area (Å²) in [4.78, 5) is 0. The van der Waals surface area contributed by atoms with Crippen LogP contribution in [-0.4, -0.2) is 31.5 Å². The van der Waals surface area contributed by atoms with Crippen LogP contribution in [0.5, 0.6) is 0 Å². The SMILES string of the molecule is COCC(O)CNCc1ccccc1C. The van der Waals surface area contributed by atoms with Crippen LogP contribution in [0.2, 0.25) is 0 Å². The van der Waals surface area contributed by atoms with Crippen molar-refractivity contribution in [3.63, 3.8) is 0 Å². The maximum Gasteiger partial charge on any atom is 0.0897 e. The number of ether oxygens (including phenoxy) is 1. The third-order valence-electron chi connectivity index (χ3n) is 2.32. The molecule has 3 nitrogen and oxygen atoms in total. The first kappa shape index (κ1) is 12.2. The van der Waals surface area contributed by atoms with Crippen LogP contribution >= 0.6 is 0 Å². The molecule has 15 heavy (non-hydrogen) atoms. The molecule has 0 radical (unpaired) electrons. The Bertz CT molecular complexity index is 289. The zero-order valence-electron chi connectivity index (χ0n) is 9.36. The van der Waals surface area contributed by atoms with Crippen molar-refractivity contribution in [2.24, 2.45) is 0 Å². The fourth-order valence-corrected chi connectivity index (χ4v) is 1.43. The standard InChI is InChI=1S/C12H19NO2/c1-10-5-3-4-6-11(10)7-13-8-12(14)9-15-2/h3-6,12-14H,7-9H2,1-2H3. The lowest BCUT2D eigenvalue weighted by molar-refractivity contribution is 0.0644. The van der Waals surface area contributed by atoms with Crippen molar-refractivity contribution in [3.05, 3.63) is 35.4 Å². The summed E-state index contributed by atoms with van der Waals surface area (Å²) in [5, 5.41) is 12.6. The molecule has 84 valence electrons. The fraction of sp³-hybridized carbons (Fsp3) is 0.500. The molecule has 3 heteroatoms. The van der Waals surface area contributed by atoms with Gasteiger partial charge in [-0.25, -0.2) is 0 Å². The highest BCUT2D eigenvalue weighted by Gasteiger charge is 2.02. The number of aliphatic hydroxyl groups excluding tert-OH is 1. The fourth-order valence-electron chi connectivity index (χ4n) is 1.43. The van der Waals surface area contributed by atoms with E-state index in [2.05, 4.69) is 24.4 Å². The summed E-state index contributed by atoms with van der Waals surface area (Å²) in [6, 6.07) is 8.22. The van der Waals surface area contributed by atoms with E-state index < -0.39 is 6.10 Å². The molecular formula is C12H19NO2. The van der Waals surface area contributed by atoms with E-state index in [1.165, 1.54) is 11.1 Å². The van der Waals surface area contributed by atoms with E-state index in [0.29, 0.717) is 13.2 Å². The summed E-state index contributed by atoms with van der Waals surface area (Å²) >= 11 is 0. The van der Waals surface area contributed by atoms with Gasteiger partial charge in [0.25, 0.3) is 0 Å². The summed E-state index contributed by atoms with van der Waals surface area (Å²) in [7, 11) is 1.59. The summed E-state index contributed by atoms with van der Waals surface area (Å²) in [5.74, 6) is 0. The lowest BCUT2D eigenvalue weighted by Crippen LogP contribution is -2.29. The minimum atomic E-state index is -0.431. The Morgan fingerprint density at radius 3 is 2.80 bits per heavy atom. The molecular weight excluding hydrogens is 190 g/mol. The van der Waals surface area contributed by atoms with Crippen molar-refractivity contribution in [2.45, 2.75) is 19.6 Å². The van der Waals surface area contributed by atoms with Crippen molar-refractivity contribution >= 4 is 0 Å². The quantitative estimate of drug-likeness (QED) is 0.737. The molecule has 0 bridgehead atoms. The van der Waals surface area contributed by atoms with E-state index in [1.807, 2.05) is 12.1 Å². The zero-order valence-corrected chi connectivity index (χ0v) is 9.36. The molecule has 0 aliphatic rings. The second-order valence-corrected chi connectivity index (χ2v) is 3.67. The van der Waals surface area contributed by atoms with Crippen molar-refractivity contribution < 1.29 is 9.84 Å². The van der Waals surface area contributed by atoms with Crippen molar-refractivity contribution in [1.29, 1.82) is 0 Å². The molecule has 0 spiro atoms. The minimum Gasteiger partial charge on any atom is -0.389 e. The molecule has 0 saturated carbocycles. The first-order valence-corrected chi connectivity index (χ1v) is 5.16. The molecule has 1 atom stereocenters. The third-order valence-corrected chi connectivity index (χ3v) is 2.32. The van der Waals surface area contributed by atoms with Crippen molar-refractivity contribution in [3.8, 4) is 0 Å². The minimum absolute atomic E-state index is 0.376. The van der Waals surface area contributed by atoms with Gasteiger partial charge in [-0.15, -0.1) is 0 Å². The van der Waals surface area contributed by atoms with Gasteiger partial charge in [0, 0.05) is 20.2 Å². The van der Waals surface area contributed by atoms with E-state index in [9.17, 15) is 5.11 Å². The number of aliphatic hydroxyl groups is 1. The number of hydrogen-bond acceptors (Lipinski definition) is 3. The van der Waals surface area contributed by atoms with E-state index in [0.717, 1.165) is 6.54 Å². The molecule has 0 aromatic heterocycles. The lowest BCUT2D eigenvalue weighted by Gasteiger charge is -2.11. The van der Waals surface area contributed by atoms with Gasteiger partial charge in [-0.1, -0.05) is 24.3 Å². The molecule has 0 aliphatic heterocycles. The maximum atomic E-state index is 9.41. The molecule has 0 aliphatic carbocycles. The average molecular weight is 209 g/mol. The van der Waals surface area contributed by atoms with Gasteiger partial charge in [-0.05, 0) is 18.1 Å². The topological polar surface area (TPSA) is 41.5 Å². The highest BCUT2D eigenvalue weighted by molar-refractivity contribution is 5.25. The van der Waals surface area contributed by atoms with E-state index in [-0.39, 0.29) is 0 Å². The number of nitrogens with one attached hydrogen (secondary N) is 1. The largest absolute Gasteiger partial charge is 0.389 e. The number of benzene rings is 1. The van der Waals surface area contributed by atoms with Crippen LogP contribution in [0.3, 0.4) is 0 Å². The predicted molar refractivity (Wildman–Crippen MR) is 60.8 cm³/mol. The number of rotatable bonds is 6. The molecule has 0 fully saturated rings. The van der Waals surface area contributed by atoms with Gasteiger partial charge in [-0.2, -0.15) is 0 Å². The van der Waals surface area contributed by atoms with Gasteiger partial charge in [0.2, 0.25) is 0 Å². The second-order valence-electron chi connectivity index (χ2n) is 3.67. The van der Waals surface area contributed by atoms with Crippen LogP contribution < -0.4 is 5.32 Å². The number of hydrogen-bond donors (Lipinski definition) is 2. The second kappa shape index (κ2) is 6.56. The van der Waals surface area contributed by atoms with Crippen LogP contribution in [0, 0.1) is 6.92 Å². The number of aryl methyl sites for hydroxylation is 1. The maximum absolute atomic E-state index is 9.41. The smallest absolute Gasteiger partial charge is 0.0897 e. The van der Waals surface area contributed by atoms with E-state index >= 15 is 0 Å². The van der Waals surface area contributed by atoms with Crippen molar-refractivity contribution in [1.82, 2.24) is 5.32 Å². The van der Waals surface area contributed by atoms with Crippen LogP contribution in [0.1, 0.15) is 11.1 Å². The summed E-state index contributed by atoms with van der Waals surface area (Å²) < 4.78 is 4.84. The average Bonchev–Trinajstić information content (AvgIpc) is 2.21. The van der Waals surface area contributed by atoms with Crippen LogP contribution in [-0.2, 0) is 11.3 Å². The highest BCUT2D eigenvalue weighted by Crippen LogP contribution is 2.05. The Hall–Kier alpha value is -0.900. The first-order chi connectivity index (χ1) is 7.24. The Kier molecular flexibility index (Phi) is 5.32. The first-order valence-electron chi connectivity index (χ1n) is 5.16. The molecule has 1 aromatic rings. The van der Waals surface area contributed by atoms with Gasteiger partial charge in [-0.3, -0.25) is 0 Å². The van der Waals surface area contributed by atoms with Crippen LogP contribution in [0.15, 0.2) is 24.3 Å². The molecule has 1 unspecified atom stereocenters. The van der Waals surface area contributed by atoms with Gasteiger partial charge in [0.1, 0.15) is 0 Å². The highest BCUT2D eigenvalue weighted by atomic mass is 16.5. The van der Waals surface area contributed by atoms with Crippen molar-refractivity contribution in [2.75, 3.05) is 20.3 Å². The van der Waals surface area contributed by atoms with Gasteiger partial charge in [0.15, 0.2) is 0 Å². The third kappa shape index (κ3) is 4.42. The Morgan fingerprint density at radius 2 is 2.13 bits per heavy atom. The predicted octanol–water partition coefficient (Wildman–Crippen LogP) is 1.09. The Balaban J connectivity index is 2.29. The number of methoxy groups -OCH3 is 1. The molecule has 2 N–H and O–H groups in total. The molecule has 0 heterocycles. The summed E-state index contributed by atoms with van der Waals surface area (Å²) in [6.45, 7) is 3.80. The molecule has 0 saturated heterocycles. The molecule has 1 aromatic carbocycles. The van der Waals surface area contributed by atoms with Gasteiger partial charge < -0.3 is 15.2 Å². The zero-order chi connectivity index (χ0) is 11.1. The summed E-state index contributed by atoms with van der Waals surface area (Å²) in [5.41, 5.74) is 2.54. The molecule has 0 amide bonds. The Labute approximate surface area is 91.1 Å².